The molecule has 0 aromatic rings. The molecule has 0 rings (SSSR count). The Morgan fingerprint density at radius 3 is 2.40 bits per heavy atom. The van der Waals surface area contributed by atoms with Crippen LogP contribution in [0.4, 0.5) is 0 Å². The molecule has 0 aliphatic rings. The van der Waals surface area contributed by atoms with Gasteiger partial charge in [0.15, 0.2) is 0 Å². The summed E-state index contributed by atoms with van der Waals surface area (Å²) >= 11 is 0. The molecule has 4 heteroatoms. The first-order valence-corrected chi connectivity index (χ1v) is 1.13. The van der Waals surface area contributed by atoms with Crippen LogP contribution in [0.15, 0.2) is 0 Å². The molecular weight excluding hydrogens is 72.0 g/mol. The Morgan fingerprint density at radius 2 is 2.40 bits per heavy atom. The normalized spacial score (nSPS) is 8.40. The Kier molecular flexibility index (Phi) is 3.72. The third-order valence-electron chi connectivity index (χ3n) is 0.148. The molecule has 0 atom stereocenters. The average Bonchev–Trinajstić information content (AvgIpc) is 1.41. The van der Waals surface area contributed by atoms with Crippen LogP contribution in [-0.2, 0) is 4.94 Å². The lowest BCUT2D eigenvalue weighted by molar-refractivity contribution is -0.166. The van der Waals surface area contributed by atoms with Crippen molar-refractivity contribution in [3.05, 3.63) is 0 Å². The second-order valence-electron chi connectivity index (χ2n) is 0.397. The fourth-order valence-corrected chi connectivity index (χ4v) is 0.0456. The lowest BCUT2D eigenvalue weighted by atomic mass is 11.6. The van der Waals surface area contributed by atoms with Crippen LogP contribution >= 0.6 is 0 Å². The molecule has 0 spiro atoms. The van der Waals surface area contributed by atoms with Crippen molar-refractivity contribution in [3.8, 4) is 0 Å². The van der Waals surface area contributed by atoms with Crippen LogP contribution in [0.25, 0.3) is 0 Å². The monoisotopic (exact) mass is 78.0 g/mol. The van der Waals surface area contributed by atoms with Gasteiger partial charge in [-0.15, -0.1) is 0 Å². The van der Waals surface area contributed by atoms with Crippen LogP contribution in [0.5, 0.6) is 0 Å². The first-order valence-electron chi connectivity index (χ1n) is 1.13. The molecule has 0 aliphatic heterocycles. The van der Waals surface area contributed by atoms with Crippen LogP contribution in [0.2, 0.25) is 0 Å². The van der Waals surface area contributed by atoms with Gasteiger partial charge in [-0.05, 0) is 0 Å². The molecule has 0 aromatic heterocycles. The summed E-state index contributed by atoms with van der Waals surface area (Å²) in [6.07, 6.45) is 0. The van der Waals surface area contributed by atoms with E-state index >= 15 is 0 Å². The summed E-state index contributed by atoms with van der Waals surface area (Å²) in [5.41, 5.74) is 3.56. The first-order chi connectivity index (χ1) is 2.41. The van der Waals surface area contributed by atoms with E-state index in [-0.39, 0.29) is 0 Å². The third kappa shape index (κ3) is 3.84. The fourth-order valence-electron chi connectivity index (χ4n) is 0.0456. The highest BCUT2D eigenvalue weighted by atomic mass is 16.9. The van der Waals surface area contributed by atoms with Gasteiger partial charge in [-0.2, -0.15) is 10.4 Å². The van der Waals surface area contributed by atoms with E-state index in [1.807, 2.05) is 0 Å². The molecule has 0 unspecified atom stereocenters. The minimum absolute atomic E-state index is 1.41. The lowest BCUT2D eigenvalue weighted by Gasteiger charge is -1.88. The Bertz CT molecular complexity index is 15.1. The van der Waals surface area contributed by atoms with Crippen molar-refractivity contribution < 1.29 is 10.1 Å². The van der Waals surface area contributed by atoms with Crippen molar-refractivity contribution in [1.29, 1.82) is 0 Å². The second kappa shape index (κ2) is 3.84. The summed E-state index contributed by atoms with van der Waals surface area (Å²) in [4.78, 5) is 3.89. The van der Waals surface area contributed by atoms with Gasteiger partial charge in [0.2, 0.25) is 0 Å². The molecular formula is CH6N2O2. The van der Waals surface area contributed by atoms with E-state index in [1.54, 1.807) is 0 Å². The molecule has 5 heavy (non-hydrogen) atoms. The van der Waals surface area contributed by atoms with Crippen molar-refractivity contribution in [3.63, 3.8) is 0 Å². The molecule has 0 radical (unpaired) electrons. The highest BCUT2D eigenvalue weighted by Gasteiger charge is 1.59. The van der Waals surface area contributed by atoms with Gasteiger partial charge >= 0.3 is 0 Å². The van der Waals surface area contributed by atoms with E-state index in [1.165, 1.54) is 12.7 Å². The van der Waals surface area contributed by atoms with E-state index in [4.69, 9.17) is 5.21 Å². The highest BCUT2D eigenvalue weighted by Crippen LogP contribution is 1.34. The van der Waals surface area contributed by atoms with Crippen LogP contribution in [-0.4, -0.2) is 12.3 Å². The summed E-state index contributed by atoms with van der Waals surface area (Å²) in [6, 6.07) is 0. The molecule has 32 valence electrons. The van der Waals surface area contributed by atoms with E-state index in [0.29, 0.717) is 0 Å². The molecule has 0 heterocycles. The zero-order valence-corrected chi connectivity index (χ0v) is 2.86. The Morgan fingerprint density at radius 1 is 1.80 bits per heavy atom. The van der Waals surface area contributed by atoms with E-state index in [0.717, 1.165) is 0 Å². The second-order valence-corrected chi connectivity index (χ2v) is 0.397. The van der Waals surface area contributed by atoms with E-state index < -0.39 is 0 Å². The smallest absolute Gasteiger partial charge is 0.0115 e. The summed E-state index contributed by atoms with van der Waals surface area (Å²) in [5.74, 6) is 0. The van der Waals surface area contributed by atoms with Crippen LogP contribution in [0.3, 0.4) is 0 Å². The molecule has 0 fully saturated rings. The summed E-state index contributed by atoms with van der Waals surface area (Å²) in [5, 5.41) is 7.53. The minimum atomic E-state index is 1.41. The van der Waals surface area contributed by atoms with Crippen LogP contribution in [0, 0.1) is 0 Å². The van der Waals surface area contributed by atoms with Gasteiger partial charge in [-0.25, -0.2) is 0 Å². The Labute approximate surface area is 29.6 Å². The predicted molar refractivity (Wildman–Crippen MR) is 15.1 cm³/mol. The summed E-state index contributed by atoms with van der Waals surface area (Å²) in [7, 11) is 1.52. The zero-order valence-electron chi connectivity index (χ0n) is 2.86. The maximum atomic E-state index is 7.53. The van der Waals surface area contributed by atoms with Crippen LogP contribution < -0.4 is 11.1 Å². The molecule has 0 bridgehead atoms. The molecule has 0 saturated carbocycles. The third-order valence-corrected chi connectivity index (χ3v) is 0.148. The molecule has 0 aliphatic carbocycles. The van der Waals surface area contributed by atoms with Crippen molar-refractivity contribution in [2.75, 3.05) is 7.05 Å². The minimum Gasteiger partial charge on any atom is -0.291 e. The van der Waals surface area contributed by atoms with E-state index in [9.17, 15) is 0 Å². The van der Waals surface area contributed by atoms with Gasteiger partial charge in [-0.1, -0.05) is 5.64 Å². The van der Waals surface area contributed by atoms with Gasteiger partial charge < -0.3 is 0 Å². The van der Waals surface area contributed by atoms with Crippen LogP contribution in [0.1, 0.15) is 0 Å². The predicted octanol–water partition coefficient (Wildman–Crippen LogP) is -0.969. The van der Waals surface area contributed by atoms with Crippen molar-refractivity contribution in [2.45, 2.75) is 0 Å². The topological polar surface area (TPSA) is 53.5 Å². The van der Waals surface area contributed by atoms with Crippen molar-refractivity contribution in [1.82, 2.24) is 11.1 Å². The number of hydrogen-bond acceptors (Lipinski definition) is 4. The highest BCUT2D eigenvalue weighted by molar-refractivity contribution is 3.74. The van der Waals surface area contributed by atoms with Crippen molar-refractivity contribution in [2.24, 2.45) is 0 Å². The summed E-state index contributed by atoms with van der Waals surface area (Å²) < 4.78 is 0. The maximum absolute atomic E-state index is 7.53. The Balaban J connectivity index is 2.19. The average molecular weight is 78.1 g/mol. The number of rotatable bonds is 2. The molecule has 3 N–H and O–H groups in total. The van der Waals surface area contributed by atoms with Gasteiger partial charge in [0.1, 0.15) is 0 Å². The molecule has 0 saturated heterocycles. The maximum Gasteiger partial charge on any atom is 0.0115 e. The number of hydroxylamine groups is 1. The SMILES string of the molecule is CNONO. The standard InChI is InChI=1S/CH6N2O2/c1-2-5-3-4/h2-4H,1H3. The zero-order chi connectivity index (χ0) is 4.12. The quantitative estimate of drug-likeness (QED) is 0.372. The van der Waals surface area contributed by atoms with Crippen molar-refractivity contribution >= 4 is 0 Å². The van der Waals surface area contributed by atoms with E-state index in [2.05, 4.69) is 10.4 Å². The fraction of sp³-hybridized carbons (Fsp3) is 1.00. The van der Waals surface area contributed by atoms with Gasteiger partial charge in [0.05, 0.1) is 0 Å². The lowest BCUT2D eigenvalue weighted by Crippen LogP contribution is -2.18. The summed E-state index contributed by atoms with van der Waals surface area (Å²) in [6.45, 7) is 0. The largest absolute Gasteiger partial charge is 0.291 e. The first kappa shape index (κ1) is 4.84. The molecule has 4 nitrogen and oxygen atoms in total. The number of nitrogens with one attached hydrogen (secondary N) is 2. The number of hydrogen-bond donors (Lipinski definition) is 3. The molecule has 0 amide bonds. The Hall–Kier alpha value is -0.160. The van der Waals surface area contributed by atoms with Gasteiger partial charge in [0.25, 0.3) is 0 Å². The van der Waals surface area contributed by atoms with Gasteiger partial charge in [-0.3, -0.25) is 5.21 Å². The van der Waals surface area contributed by atoms with Gasteiger partial charge in [0, 0.05) is 7.05 Å². The molecule has 0 aromatic carbocycles.